The summed E-state index contributed by atoms with van der Waals surface area (Å²) in [6, 6.07) is 7.99. The Morgan fingerprint density at radius 1 is 1.20 bits per heavy atom. The number of likely N-dealkylation sites (tertiary alicyclic amines) is 1. The summed E-state index contributed by atoms with van der Waals surface area (Å²) in [6.07, 6.45) is 4.78. The largest absolute Gasteiger partial charge is 0.493 e. The summed E-state index contributed by atoms with van der Waals surface area (Å²) in [5, 5.41) is 9.48. The van der Waals surface area contributed by atoms with Crippen molar-refractivity contribution in [2.75, 3.05) is 33.4 Å². The molecule has 1 atom stereocenters. The van der Waals surface area contributed by atoms with Crippen molar-refractivity contribution in [2.45, 2.75) is 31.7 Å². The highest BCUT2D eigenvalue weighted by Crippen LogP contribution is 2.25. The van der Waals surface area contributed by atoms with Gasteiger partial charge in [-0.1, -0.05) is 25.0 Å². The van der Waals surface area contributed by atoms with Crippen LogP contribution in [0.4, 0.5) is 0 Å². The Kier molecular flexibility index (Phi) is 6.15. The molecule has 1 aromatic carbocycles. The van der Waals surface area contributed by atoms with E-state index in [-0.39, 0.29) is 6.61 Å². The van der Waals surface area contributed by atoms with Crippen LogP contribution in [0.25, 0.3) is 0 Å². The number of rotatable bonds is 6. The zero-order chi connectivity index (χ0) is 14.2. The Balaban J connectivity index is 1.84. The van der Waals surface area contributed by atoms with Crippen molar-refractivity contribution in [3.63, 3.8) is 0 Å². The second kappa shape index (κ2) is 8.12. The Morgan fingerprint density at radius 3 is 2.75 bits per heavy atom. The van der Waals surface area contributed by atoms with E-state index in [0.29, 0.717) is 12.6 Å². The average molecular weight is 279 g/mol. The maximum absolute atomic E-state index is 9.48. The van der Waals surface area contributed by atoms with Crippen LogP contribution < -0.4 is 9.47 Å². The molecule has 1 unspecified atom stereocenters. The predicted molar refractivity (Wildman–Crippen MR) is 79.4 cm³/mol. The molecule has 4 nitrogen and oxygen atoms in total. The van der Waals surface area contributed by atoms with Gasteiger partial charge < -0.3 is 14.6 Å². The van der Waals surface area contributed by atoms with Crippen molar-refractivity contribution in [2.24, 2.45) is 0 Å². The van der Waals surface area contributed by atoms with E-state index in [2.05, 4.69) is 4.90 Å². The summed E-state index contributed by atoms with van der Waals surface area (Å²) in [5.74, 6) is 1.55. The monoisotopic (exact) mass is 279 g/mol. The quantitative estimate of drug-likeness (QED) is 0.867. The summed E-state index contributed by atoms with van der Waals surface area (Å²) < 4.78 is 11.1. The van der Waals surface area contributed by atoms with E-state index < -0.39 is 0 Å². The maximum Gasteiger partial charge on any atom is 0.161 e. The molecule has 0 aliphatic carbocycles. The number of aliphatic hydroxyl groups excluding tert-OH is 1. The molecule has 1 aliphatic rings. The first-order valence-electron chi connectivity index (χ1n) is 7.46. The molecule has 0 bridgehead atoms. The summed E-state index contributed by atoms with van der Waals surface area (Å²) in [4.78, 5) is 2.35. The summed E-state index contributed by atoms with van der Waals surface area (Å²) in [6.45, 7) is 2.77. The van der Waals surface area contributed by atoms with Gasteiger partial charge in [-0.05, 0) is 31.5 Å². The Morgan fingerprint density at radius 2 is 2.00 bits per heavy atom. The number of hydrogen-bond donors (Lipinski definition) is 1. The highest BCUT2D eigenvalue weighted by molar-refractivity contribution is 5.39. The van der Waals surface area contributed by atoms with E-state index in [1.54, 1.807) is 7.11 Å². The molecule has 1 fully saturated rings. The van der Waals surface area contributed by atoms with Crippen LogP contribution in [-0.2, 0) is 0 Å². The zero-order valence-electron chi connectivity index (χ0n) is 12.3. The van der Waals surface area contributed by atoms with Gasteiger partial charge in [-0.3, -0.25) is 4.90 Å². The maximum atomic E-state index is 9.48. The average Bonchev–Trinajstić information content (AvgIpc) is 2.72. The van der Waals surface area contributed by atoms with Gasteiger partial charge in [0.25, 0.3) is 0 Å². The zero-order valence-corrected chi connectivity index (χ0v) is 12.3. The topological polar surface area (TPSA) is 41.9 Å². The third kappa shape index (κ3) is 4.12. The van der Waals surface area contributed by atoms with Gasteiger partial charge in [0.15, 0.2) is 11.5 Å². The molecule has 112 valence electrons. The number of ether oxygens (including phenoxy) is 2. The highest BCUT2D eigenvalue weighted by atomic mass is 16.5. The Bertz CT molecular complexity index is 397. The number of benzene rings is 1. The molecule has 20 heavy (non-hydrogen) atoms. The standard InChI is InChI=1S/C16H25NO3/c1-19-15-8-4-5-9-16(15)20-12-11-17-10-6-2-3-7-14(17)13-18/h4-5,8-9,14,18H,2-3,6-7,10-13H2,1H3. The normalized spacial score (nSPS) is 20.4. The molecule has 1 aromatic rings. The van der Waals surface area contributed by atoms with Crippen molar-refractivity contribution in [1.29, 1.82) is 0 Å². The molecule has 1 aliphatic heterocycles. The minimum absolute atomic E-state index is 0.245. The number of para-hydroxylation sites is 2. The van der Waals surface area contributed by atoms with Gasteiger partial charge in [-0.25, -0.2) is 0 Å². The number of methoxy groups -OCH3 is 1. The first-order chi connectivity index (χ1) is 9.85. The van der Waals surface area contributed by atoms with Crippen LogP contribution in [0.3, 0.4) is 0 Å². The number of nitrogens with zero attached hydrogens (tertiary/aromatic N) is 1. The molecule has 0 spiro atoms. The van der Waals surface area contributed by atoms with E-state index >= 15 is 0 Å². The van der Waals surface area contributed by atoms with Crippen molar-refractivity contribution in [3.8, 4) is 11.5 Å². The Labute approximate surface area is 121 Å². The van der Waals surface area contributed by atoms with Crippen molar-refractivity contribution < 1.29 is 14.6 Å². The van der Waals surface area contributed by atoms with Crippen LogP contribution in [0.5, 0.6) is 11.5 Å². The van der Waals surface area contributed by atoms with Gasteiger partial charge in [-0.2, -0.15) is 0 Å². The first-order valence-corrected chi connectivity index (χ1v) is 7.46. The van der Waals surface area contributed by atoms with Gasteiger partial charge in [0.2, 0.25) is 0 Å². The van der Waals surface area contributed by atoms with Crippen LogP contribution in [-0.4, -0.2) is 49.5 Å². The van der Waals surface area contributed by atoms with Gasteiger partial charge in [0, 0.05) is 12.6 Å². The lowest BCUT2D eigenvalue weighted by Gasteiger charge is -2.28. The number of aliphatic hydroxyl groups is 1. The Hall–Kier alpha value is -1.26. The van der Waals surface area contributed by atoms with E-state index in [0.717, 1.165) is 31.0 Å². The minimum Gasteiger partial charge on any atom is -0.493 e. The fraction of sp³-hybridized carbons (Fsp3) is 0.625. The third-order valence-corrected chi connectivity index (χ3v) is 3.91. The van der Waals surface area contributed by atoms with E-state index in [1.165, 1.54) is 19.3 Å². The lowest BCUT2D eigenvalue weighted by Crippen LogP contribution is -2.40. The lowest BCUT2D eigenvalue weighted by molar-refractivity contribution is 0.107. The SMILES string of the molecule is COc1ccccc1OCCN1CCCCCC1CO. The van der Waals surface area contributed by atoms with Crippen LogP contribution in [0, 0.1) is 0 Å². The second-order valence-electron chi connectivity index (χ2n) is 5.22. The smallest absolute Gasteiger partial charge is 0.161 e. The molecule has 0 radical (unpaired) electrons. The third-order valence-electron chi connectivity index (χ3n) is 3.91. The molecule has 0 aromatic heterocycles. The molecule has 1 saturated heterocycles. The van der Waals surface area contributed by atoms with E-state index in [4.69, 9.17) is 9.47 Å². The van der Waals surface area contributed by atoms with Crippen LogP contribution in [0.15, 0.2) is 24.3 Å². The summed E-state index contributed by atoms with van der Waals surface area (Å²) in [7, 11) is 1.65. The second-order valence-corrected chi connectivity index (χ2v) is 5.22. The fourth-order valence-corrected chi connectivity index (χ4v) is 2.75. The molecule has 0 amide bonds. The molecule has 1 heterocycles. The molecule has 1 N–H and O–H groups in total. The van der Waals surface area contributed by atoms with Gasteiger partial charge in [0.1, 0.15) is 6.61 Å². The molecular weight excluding hydrogens is 254 g/mol. The molecular formula is C16H25NO3. The van der Waals surface area contributed by atoms with Crippen LogP contribution in [0.1, 0.15) is 25.7 Å². The van der Waals surface area contributed by atoms with Gasteiger partial charge in [-0.15, -0.1) is 0 Å². The van der Waals surface area contributed by atoms with Crippen molar-refractivity contribution in [3.05, 3.63) is 24.3 Å². The lowest BCUT2D eigenvalue weighted by atomic mass is 10.1. The summed E-state index contributed by atoms with van der Waals surface area (Å²) in [5.41, 5.74) is 0. The van der Waals surface area contributed by atoms with Crippen molar-refractivity contribution >= 4 is 0 Å². The van der Waals surface area contributed by atoms with Crippen LogP contribution in [0.2, 0.25) is 0 Å². The van der Waals surface area contributed by atoms with Gasteiger partial charge >= 0.3 is 0 Å². The molecule has 2 rings (SSSR count). The summed E-state index contributed by atoms with van der Waals surface area (Å²) >= 11 is 0. The van der Waals surface area contributed by atoms with Crippen molar-refractivity contribution in [1.82, 2.24) is 4.90 Å². The van der Waals surface area contributed by atoms with E-state index in [1.807, 2.05) is 24.3 Å². The first kappa shape index (κ1) is 15.1. The molecule has 0 saturated carbocycles. The predicted octanol–water partition coefficient (Wildman–Crippen LogP) is 2.31. The number of hydrogen-bond acceptors (Lipinski definition) is 4. The minimum atomic E-state index is 0.245. The molecule has 4 heteroatoms. The van der Waals surface area contributed by atoms with E-state index in [9.17, 15) is 5.11 Å². The van der Waals surface area contributed by atoms with Gasteiger partial charge in [0.05, 0.1) is 13.7 Å². The fourth-order valence-electron chi connectivity index (χ4n) is 2.75. The highest BCUT2D eigenvalue weighted by Gasteiger charge is 2.19. The van der Waals surface area contributed by atoms with Crippen LogP contribution >= 0.6 is 0 Å².